The number of nitrogens with two attached hydrogens (primary N) is 1. The van der Waals surface area contributed by atoms with Gasteiger partial charge in [-0.2, -0.15) is 0 Å². The summed E-state index contributed by atoms with van der Waals surface area (Å²) in [5.41, 5.74) is 5.36. The van der Waals surface area contributed by atoms with E-state index in [9.17, 15) is 14.3 Å². The van der Waals surface area contributed by atoms with Crippen LogP contribution in [0.15, 0.2) is 18.2 Å². The number of carbonyl (C=O) groups excluding carboxylic acids is 1. The van der Waals surface area contributed by atoms with Crippen molar-refractivity contribution in [3.05, 3.63) is 29.6 Å². The van der Waals surface area contributed by atoms with Crippen molar-refractivity contribution in [2.75, 3.05) is 5.32 Å². The van der Waals surface area contributed by atoms with Gasteiger partial charge in [0, 0.05) is 17.1 Å². The maximum absolute atomic E-state index is 13.3. The Morgan fingerprint density at radius 3 is 2.72 bits per heavy atom. The molecule has 1 fully saturated rings. The van der Waals surface area contributed by atoms with Crippen molar-refractivity contribution in [3.63, 3.8) is 0 Å². The smallest absolute Gasteiger partial charge is 0.251 e. The summed E-state index contributed by atoms with van der Waals surface area (Å²) in [5, 5.41) is 12.8. The average Bonchev–Trinajstić information content (AvgIpc) is 2.30. The Labute approximate surface area is 105 Å². The zero-order valence-electron chi connectivity index (χ0n) is 10.4. The largest absolute Gasteiger partial charge is 0.392 e. The van der Waals surface area contributed by atoms with E-state index < -0.39 is 11.7 Å². The third-order valence-electron chi connectivity index (χ3n) is 3.79. The van der Waals surface area contributed by atoms with Gasteiger partial charge in [0.1, 0.15) is 5.82 Å². The predicted octanol–water partition coefficient (Wildman–Crippen LogP) is 1.50. The molecule has 4 N–H and O–H groups in total. The van der Waals surface area contributed by atoms with Gasteiger partial charge >= 0.3 is 0 Å². The van der Waals surface area contributed by atoms with Crippen molar-refractivity contribution in [2.45, 2.75) is 32.4 Å². The fraction of sp³-hybridized carbons (Fsp3) is 0.462. The monoisotopic (exact) mass is 252 g/mol. The maximum atomic E-state index is 13.3. The van der Waals surface area contributed by atoms with Gasteiger partial charge in [-0.05, 0) is 24.6 Å². The Bertz CT molecular complexity index is 488. The van der Waals surface area contributed by atoms with Crippen molar-refractivity contribution in [1.82, 2.24) is 0 Å². The molecule has 0 aromatic heterocycles. The van der Waals surface area contributed by atoms with Crippen LogP contribution < -0.4 is 11.1 Å². The van der Waals surface area contributed by atoms with E-state index in [2.05, 4.69) is 5.32 Å². The Kier molecular flexibility index (Phi) is 3.02. The second-order valence-electron chi connectivity index (χ2n) is 5.33. The third kappa shape index (κ3) is 2.06. The number of hydrogen-bond donors (Lipinski definition) is 3. The maximum Gasteiger partial charge on any atom is 0.251 e. The van der Waals surface area contributed by atoms with Crippen LogP contribution in [0.2, 0.25) is 0 Å². The highest BCUT2D eigenvalue weighted by Crippen LogP contribution is 2.42. The van der Waals surface area contributed by atoms with E-state index in [1.54, 1.807) is 6.07 Å². The van der Waals surface area contributed by atoms with E-state index in [1.165, 1.54) is 12.1 Å². The number of aliphatic hydroxyl groups excluding tert-OH is 1. The van der Waals surface area contributed by atoms with Gasteiger partial charge in [0.15, 0.2) is 0 Å². The number of amides is 1. The van der Waals surface area contributed by atoms with Crippen LogP contribution in [-0.4, -0.2) is 23.2 Å². The number of anilines is 1. The van der Waals surface area contributed by atoms with E-state index in [1.807, 2.05) is 13.8 Å². The molecule has 1 aliphatic rings. The molecule has 98 valence electrons. The number of hydrogen-bond acceptors (Lipinski definition) is 3. The molecule has 0 aliphatic heterocycles. The second-order valence-corrected chi connectivity index (χ2v) is 5.33. The molecule has 4 nitrogen and oxygen atoms in total. The number of aliphatic hydroxyl groups is 1. The van der Waals surface area contributed by atoms with Crippen LogP contribution in [-0.2, 0) is 0 Å². The van der Waals surface area contributed by atoms with Gasteiger partial charge in [-0.3, -0.25) is 4.79 Å². The average molecular weight is 252 g/mol. The summed E-state index contributed by atoms with van der Waals surface area (Å²) in [7, 11) is 0. The Morgan fingerprint density at radius 1 is 1.56 bits per heavy atom. The molecule has 1 amide bonds. The van der Waals surface area contributed by atoms with Crippen molar-refractivity contribution < 1.29 is 14.3 Å². The molecule has 18 heavy (non-hydrogen) atoms. The van der Waals surface area contributed by atoms with Gasteiger partial charge < -0.3 is 16.2 Å². The molecule has 0 spiro atoms. The molecule has 5 heteroatoms. The summed E-state index contributed by atoms with van der Waals surface area (Å²) < 4.78 is 13.3. The van der Waals surface area contributed by atoms with Crippen LogP contribution >= 0.6 is 0 Å². The van der Waals surface area contributed by atoms with Crippen molar-refractivity contribution in [1.29, 1.82) is 0 Å². The van der Waals surface area contributed by atoms with Crippen molar-refractivity contribution in [2.24, 2.45) is 11.1 Å². The van der Waals surface area contributed by atoms with Gasteiger partial charge in [0.05, 0.1) is 11.7 Å². The Hall–Kier alpha value is -1.62. The zero-order valence-corrected chi connectivity index (χ0v) is 10.4. The predicted molar refractivity (Wildman–Crippen MR) is 66.7 cm³/mol. The topological polar surface area (TPSA) is 75.3 Å². The molecule has 1 aromatic rings. The summed E-state index contributed by atoms with van der Waals surface area (Å²) >= 11 is 0. The molecule has 2 unspecified atom stereocenters. The second kappa shape index (κ2) is 4.24. The lowest BCUT2D eigenvalue weighted by Gasteiger charge is -2.49. The van der Waals surface area contributed by atoms with E-state index in [-0.39, 0.29) is 23.1 Å². The van der Waals surface area contributed by atoms with Crippen LogP contribution in [0.5, 0.6) is 0 Å². The lowest BCUT2D eigenvalue weighted by atomic mass is 9.64. The van der Waals surface area contributed by atoms with Gasteiger partial charge in [-0.25, -0.2) is 4.39 Å². The van der Waals surface area contributed by atoms with E-state index in [4.69, 9.17) is 5.73 Å². The molecular weight excluding hydrogens is 235 g/mol. The summed E-state index contributed by atoms with van der Waals surface area (Å²) in [4.78, 5) is 11.0. The van der Waals surface area contributed by atoms with E-state index in [0.717, 1.165) is 0 Å². The standard InChI is InChI=1S/C13H17FN2O2/c1-13(2)10(6-11(13)17)16-7-3-4-9(14)8(5-7)12(15)18/h3-5,10-11,16-17H,6H2,1-2H3,(H2,15,18). The highest BCUT2D eigenvalue weighted by Gasteiger charge is 2.47. The number of carbonyl (C=O) groups is 1. The summed E-state index contributed by atoms with van der Waals surface area (Å²) in [6, 6.07) is 4.27. The minimum absolute atomic E-state index is 0.0960. The molecule has 0 saturated heterocycles. The number of halogens is 1. The van der Waals surface area contributed by atoms with Gasteiger partial charge in [-0.1, -0.05) is 13.8 Å². The Balaban J connectivity index is 2.16. The Morgan fingerprint density at radius 2 is 2.22 bits per heavy atom. The molecule has 0 bridgehead atoms. The first-order valence-corrected chi connectivity index (χ1v) is 5.86. The third-order valence-corrected chi connectivity index (χ3v) is 3.79. The lowest BCUT2D eigenvalue weighted by molar-refractivity contribution is -0.0510. The first-order valence-electron chi connectivity index (χ1n) is 5.86. The van der Waals surface area contributed by atoms with Crippen LogP contribution in [0, 0.1) is 11.2 Å². The van der Waals surface area contributed by atoms with E-state index >= 15 is 0 Å². The molecule has 1 saturated carbocycles. The molecule has 2 atom stereocenters. The van der Waals surface area contributed by atoms with Gasteiger partial charge in [-0.15, -0.1) is 0 Å². The van der Waals surface area contributed by atoms with E-state index in [0.29, 0.717) is 12.1 Å². The molecule has 2 rings (SSSR count). The quantitative estimate of drug-likeness (QED) is 0.763. The first kappa shape index (κ1) is 12.8. The fourth-order valence-electron chi connectivity index (χ4n) is 2.15. The van der Waals surface area contributed by atoms with Crippen LogP contribution in [0.1, 0.15) is 30.6 Å². The van der Waals surface area contributed by atoms with Crippen LogP contribution in [0.4, 0.5) is 10.1 Å². The highest BCUT2D eigenvalue weighted by atomic mass is 19.1. The molecule has 1 aromatic carbocycles. The number of benzene rings is 1. The normalized spacial score (nSPS) is 25.3. The summed E-state index contributed by atoms with van der Waals surface area (Å²) in [5.74, 6) is -1.41. The molecule has 0 radical (unpaired) electrons. The molecule has 0 heterocycles. The lowest BCUT2D eigenvalue weighted by Crippen LogP contribution is -2.56. The number of rotatable bonds is 3. The van der Waals surface area contributed by atoms with Gasteiger partial charge in [0.25, 0.3) is 5.91 Å². The van der Waals surface area contributed by atoms with Crippen molar-refractivity contribution >= 4 is 11.6 Å². The molecule has 1 aliphatic carbocycles. The minimum atomic E-state index is -0.788. The number of primary amides is 1. The molecular formula is C13H17FN2O2. The minimum Gasteiger partial charge on any atom is -0.392 e. The van der Waals surface area contributed by atoms with Crippen LogP contribution in [0.3, 0.4) is 0 Å². The van der Waals surface area contributed by atoms with Crippen molar-refractivity contribution in [3.8, 4) is 0 Å². The zero-order chi connectivity index (χ0) is 13.5. The van der Waals surface area contributed by atoms with Gasteiger partial charge in [0.2, 0.25) is 0 Å². The highest BCUT2D eigenvalue weighted by molar-refractivity contribution is 5.94. The number of nitrogens with one attached hydrogen (secondary N) is 1. The van der Waals surface area contributed by atoms with Crippen LogP contribution in [0.25, 0.3) is 0 Å². The summed E-state index contributed by atoms with van der Waals surface area (Å²) in [6.45, 7) is 3.91. The summed E-state index contributed by atoms with van der Waals surface area (Å²) in [6.07, 6.45) is 0.294. The fourth-order valence-corrected chi connectivity index (χ4v) is 2.15. The first-order chi connectivity index (χ1) is 8.32. The SMILES string of the molecule is CC1(C)C(O)CC1Nc1ccc(F)c(C(N)=O)c1.